The van der Waals surface area contributed by atoms with Gasteiger partial charge in [-0.05, 0) is 43.0 Å². The number of carbonyl (C=O) groups excluding carboxylic acids is 1. The van der Waals surface area contributed by atoms with Gasteiger partial charge in [0, 0.05) is 35.9 Å². The van der Waals surface area contributed by atoms with E-state index in [-0.39, 0.29) is 11.9 Å². The molecule has 4 rings (SSSR count). The van der Waals surface area contributed by atoms with Crippen molar-refractivity contribution in [1.82, 2.24) is 15.3 Å². The van der Waals surface area contributed by atoms with E-state index in [4.69, 9.17) is 10.7 Å². The van der Waals surface area contributed by atoms with Gasteiger partial charge in [-0.2, -0.15) is 0 Å². The molecule has 1 saturated carbocycles. The summed E-state index contributed by atoms with van der Waals surface area (Å²) in [4.78, 5) is 21.7. The van der Waals surface area contributed by atoms with Crippen molar-refractivity contribution in [3.63, 3.8) is 0 Å². The molecule has 1 amide bonds. The molecule has 25 heavy (non-hydrogen) atoms. The van der Waals surface area contributed by atoms with E-state index >= 15 is 0 Å². The molecule has 0 bridgehead atoms. The summed E-state index contributed by atoms with van der Waals surface area (Å²) in [6.07, 6.45) is 5.73. The summed E-state index contributed by atoms with van der Waals surface area (Å²) < 4.78 is 0. The van der Waals surface area contributed by atoms with Crippen molar-refractivity contribution in [3.8, 4) is 11.3 Å². The molecule has 0 radical (unpaired) electrons. The highest BCUT2D eigenvalue weighted by Crippen LogP contribution is 2.32. The molecule has 0 aliphatic heterocycles. The molecule has 1 aliphatic carbocycles. The largest absolute Gasteiger partial charge is 0.348 e. The van der Waals surface area contributed by atoms with Crippen molar-refractivity contribution in [1.29, 1.82) is 0 Å². The van der Waals surface area contributed by atoms with Crippen LogP contribution < -0.4 is 11.1 Å². The Morgan fingerprint density at radius 1 is 1.20 bits per heavy atom. The molecular formula is C20H20N4O. The maximum absolute atomic E-state index is 12.9. The number of rotatable bonds is 5. The lowest BCUT2D eigenvalue weighted by Gasteiger charge is -2.17. The molecule has 1 fully saturated rings. The second-order valence-corrected chi connectivity index (χ2v) is 6.46. The van der Waals surface area contributed by atoms with E-state index in [2.05, 4.69) is 10.3 Å². The summed E-state index contributed by atoms with van der Waals surface area (Å²) >= 11 is 0. The van der Waals surface area contributed by atoms with Gasteiger partial charge in [0.05, 0.1) is 16.8 Å². The summed E-state index contributed by atoms with van der Waals surface area (Å²) in [5, 5.41) is 3.96. The molecule has 5 nitrogen and oxygen atoms in total. The lowest BCUT2D eigenvalue weighted by atomic mass is 10.0. The Bertz CT molecular complexity index is 906. The van der Waals surface area contributed by atoms with Crippen molar-refractivity contribution in [2.75, 3.05) is 6.54 Å². The molecule has 3 aromatic rings. The molecule has 0 saturated heterocycles. The van der Waals surface area contributed by atoms with E-state index in [1.54, 1.807) is 12.4 Å². The minimum atomic E-state index is -0.0868. The fourth-order valence-corrected chi connectivity index (χ4v) is 3.15. The van der Waals surface area contributed by atoms with Crippen molar-refractivity contribution < 1.29 is 4.79 Å². The zero-order valence-electron chi connectivity index (χ0n) is 13.9. The van der Waals surface area contributed by atoms with Gasteiger partial charge in [0.15, 0.2) is 0 Å². The number of nitrogens with one attached hydrogen (secondary N) is 1. The summed E-state index contributed by atoms with van der Waals surface area (Å²) in [5.74, 6) is 0.429. The fraction of sp³-hybridized carbons (Fsp3) is 0.250. The SMILES string of the molecule is NCC(NC(=O)c1cc(-c2ccncc2)nc2ccccc12)C1CC1. The van der Waals surface area contributed by atoms with Gasteiger partial charge in [-0.3, -0.25) is 9.78 Å². The van der Waals surface area contributed by atoms with E-state index in [0.717, 1.165) is 35.0 Å². The lowest BCUT2D eigenvalue weighted by molar-refractivity contribution is 0.0935. The van der Waals surface area contributed by atoms with Crippen LogP contribution >= 0.6 is 0 Å². The van der Waals surface area contributed by atoms with E-state index in [1.165, 1.54) is 0 Å². The molecule has 2 aromatic heterocycles. The number of hydrogen-bond acceptors (Lipinski definition) is 4. The molecule has 1 aliphatic rings. The van der Waals surface area contributed by atoms with Gasteiger partial charge in [-0.1, -0.05) is 18.2 Å². The second kappa shape index (κ2) is 6.61. The second-order valence-electron chi connectivity index (χ2n) is 6.46. The number of carbonyl (C=O) groups is 1. The van der Waals surface area contributed by atoms with Crippen LogP contribution in [0.4, 0.5) is 0 Å². The van der Waals surface area contributed by atoms with Crippen molar-refractivity contribution in [2.45, 2.75) is 18.9 Å². The topological polar surface area (TPSA) is 80.9 Å². The standard InChI is InChI=1S/C20H20N4O/c21-12-19(13-5-6-13)24-20(25)16-11-18(14-7-9-22-10-8-14)23-17-4-2-1-3-15(16)17/h1-4,7-11,13,19H,5-6,12,21H2,(H,24,25). The molecule has 5 heteroatoms. The highest BCUT2D eigenvalue weighted by Gasteiger charge is 2.31. The molecule has 3 N–H and O–H groups in total. The van der Waals surface area contributed by atoms with Crippen molar-refractivity contribution >= 4 is 16.8 Å². The van der Waals surface area contributed by atoms with Gasteiger partial charge in [-0.15, -0.1) is 0 Å². The van der Waals surface area contributed by atoms with Crippen LogP contribution in [0.5, 0.6) is 0 Å². The molecule has 1 aromatic carbocycles. The van der Waals surface area contributed by atoms with Crippen LogP contribution in [0.2, 0.25) is 0 Å². The number of para-hydroxylation sites is 1. The van der Waals surface area contributed by atoms with Crippen molar-refractivity contribution in [3.05, 3.63) is 60.4 Å². The zero-order valence-corrected chi connectivity index (χ0v) is 13.9. The van der Waals surface area contributed by atoms with E-state index in [0.29, 0.717) is 18.0 Å². The average molecular weight is 332 g/mol. The number of amides is 1. The Labute approximate surface area is 146 Å². The average Bonchev–Trinajstić information content (AvgIpc) is 3.51. The van der Waals surface area contributed by atoms with Crippen LogP contribution in [0, 0.1) is 5.92 Å². The van der Waals surface area contributed by atoms with Gasteiger partial charge < -0.3 is 11.1 Å². The highest BCUT2D eigenvalue weighted by molar-refractivity contribution is 6.07. The first-order valence-electron chi connectivity index (χ1n) is 8.57. The molecular weight excluding hydrogens is 312 g/mol. The van der Waals surface area contributed by atoms with Gasteiger partial charge in [0.1, 0.15) is 0 Å². The highest BCUT2D eigenvalue weighted by atomic mass is 16.1. The van der Waals surface area contributed by atoms with Crippen LogP contribution in [-0.2, 0) is 0 Å². The number of fused-ring (bicyclic) bond motifs is 1. The van der Waals surface area contributed by atoms with E-state index < -0.39 is 0 Å². The first kappa shape index (κ1) is 15.7. The minimum Gasteiger partial charge on any atom is -0.348 e. The third kappa shape index (κ3) is 3.23. The van der Waals surface area contributed by atoms with Crippen LogP contribution in [0.1, 0.15) is 23.2 Å². The van der Waals surface area contributed by atoms with Crippen LogP contribution in [0.25, 0.3) is 22.2 Å². The Kier molecular flexibility index (Phi) is 4.15. The monoisotopic (exact) mass is 332 g/mol. The maximum Gasteiger partial charge on any atom is 0.252 e. The van der Waals surface area contributed by atoms with Gasteiger partial charge in [0.25, 0.3) is 5.91 Å². The summed E-state index contributed by atoms with van der Waals surface area (Å²) in [7, 11) is 0. The predicted molar refractivity (Wildman–Crippen MR) is 98.0 cm³/mol. The number of nitrogens with zero attached hydrogens (tertiary/aromatic N) is 2. The third-order valence-electron chi connectivity index (χ3n) is 4.70. The number of hydrogen-bond donors (Lipinski definition) is 2. The number of nitrogens with two attached hydrogens (primary N) is 1. The van der Waals surface area contributed by atoms with Crippen LogP contribution in [-0.4, -0.2) is 28.5 Å². The van der Waals surface area contributed by atoms with Crippen LogP contribution in [0.3, 0.4) is 0 Å². The van der Waals surface area contributed by atoms with Gasteiger partial charge in [-0.25, -0.2) is 4.98 Å². The lowest BCUT2D eigenvalue weighted by Crippen LogP contribution is -2.41. The van der Waals surface area contributed by atoms with E-state index in [9.17, 15) is 4.79 Å². The van der Waals surface area contributed by atoms with Gasteiger partial charge in [0.2, 0.25) is 0 Å². The predicted octanol–water partition coefficient (Wildman–Crippen LogP) is 2.76. The smallest absolute Gasteiger partial charge is 0.252 e. The fourth-order valence-electron chi connectivity index (χ4n) is 3.15. The number of aromatic nitrogens is 2. The molecule has 126 valence electrons. The minimum absolute atomic E-state index is 0.0452. The maximum atomic E-state index is 12.9. The Morgan fingerprint density at radius 2 is 1.96 bits per heavy atom. The first-order valence-corrected chi connectivity index (χ1v) is 8.57. The molecule has 1 unspecified atom stereocenters. The number of pyridine rings is 2. The molecule has 2 heterocycles. The van der Waals surface area contributed by atoms with Crippen molar-refractivity contribution in [2.24, 2.45) is 11.7 Å². The Hall–Kier alpha value is -2.79. The Morgan fingerprint density at radius 3 is 2.68 bits per heavy atom. The summed E-state index contributed by atoms with van der Waals surface area (Å²) in [5.41, 5.74) is 8.98. The first-order chi connectivity index (χ1) is 12.3. The van der Waals surface area contributed by atoms with Gasteiger partial charge >= 0.3 is 0 Å². The Balaban J connectivity index is 1.77. The molecule has 1 atom stereocenters. The van der Waals surface area contributed by atoms with E-state index in [1.807, 2.05) is 42.5 Å². The summed E-state index contributed by atoms with van der Waals surface area (Å²) in [6.45, 7) is 0.469. The number of benzene rings is 1. The quantitative estimate of drug-likeness (QED) is 0.753. The third-order valence-corrected chi connectivity index (χ3v) is 4.70. The zero-order chi connectivity index (χ0) is 17.2. The van der Waals surface area contributed by atoms with Crippen LogP contribution in [0.15, 0.2) is 54.9 Å². The normalized spacial score (nSPS) is 15.1. The molecule has 0 spiro atoms. The summed E-state index contributed by atoms with van der Waals surface area (Å²) in [6, 6.07) is 13.4.